The smallest absolute Gasteiger partial charge is 0.326 e. The minimum Gasteiger partial charge on any atom is -0.480 e. The van der Waals surface area contributed by atoms with Gasteiger partial charge in [-0.05, 0) is 111 Å². The van der Waals surface area contributed by atoms with Gasteiger partial charge in [-0.3, -0.25) is 43.5 Å². The molecule has 3 aromatic carbocycles. The van der Waals surface area contributed by atoms with Crippen LogP contribution in [0.15, 0.2) is 101 Å². The highest BCUT2D eigenvalue weighted by molar-refractivity contribution is 5.99. The Hall–Kier alpha value is -9.50. The third kappa shape index (κ3) is 21.1. The number of carbonyl (C=O) groups is 8. The summed E-state index contributed by atoms with van der Waals surface area (Å²) in [6.45, 7) is 8.01. The van der Waals surface area contributed by atoms with Crippen molar-refractivity contribution < 1.29 is 43.5 Å². The summed E-state index contributed by atoms with van der Waals surface area (Å²) in [5.41, 5.74) is 38.4. The van der Waals surface area contributed by atoms with Crippen LogP contribution in [0.2, 0.25) is 0 Å². The van der Waals surface area contributed by atoms with E-state index in [-0.39, 0.29) is 101 Å². The Balaban J connectivity index is 1.28. The van der Waals surface area contributed by atoms with Gasteiger partial charge in [0.1, 0.15) is 42.3 Å². The molecule has 6 aromatic rings. The van der Waals surface area contributed by atoms with E-state index in [2.05, 4.69) is 62.2 Å². The van der Waals surface area contributed by atoms with Crippen LogP contribution in [0.1, 0.15) is 102 Å². The summed E-state index contributed by atoms with van der Waals surface area (Å²) in [5.74, 6) is -7.09. The summed E-state index contributed by atoms with van der Waals surface area (Å²) in [6, 6.07) is 11.9. The van der Waals surface area contributed by atoms with Gasteiger partial charge in [-0.1, -0.05) is 82.3 Å². The topological polar surface area (TPSA) is 469 Å². The molecule has 3 aromatic heterocycles. The van der Waals surface area contributed by atoms with Gasteiger partial charge in [0.25, 0.3) is 0 Å². The highest BCUT2D eigenvalue weighted by atomic mass is 16.4. The number of guanidine groups is 2. The normalized spacial score (nSPS) is 14.1. The van der Waals surface area contributed by atoms with E-state index < -0.39 is 95.7 Å². The molecule has 486 valence electrons. The molecule has 0 aliphatic heterocycles. The number of aromatic nitrogens is 3. The number of aromatic amines is 3. The highest BCUT2D eigenvalue weighted by Crippen LogP contribution is 2.23. The molecule has 0 saturated heterocycles. The minimum atomic E-state index is -1.38. The summed E-state index contributed by atoms with van der Waals surface area (Å²) in [4.78, 5) is 132. The van der Waals surface area contributed by atoms with Crippen LogP contribution in [0, 0.1) is 11.8 Å². The molecule has 90 heavy (non-hydrogen) atoms. The monoisotopic (exact) mass is 1240 g/mol. The summed E-state index contributed by atoms with van der Waals surface area (Å²) < 4.78 is 0. The van der Waals surface area contributed by atoms with Gasteiger partial charge in [0.15, 0.2) is 11.9 Å². The zero-order valence-electron chi connectivity index (χ0n) is 51.6. The van der Waals surface area contributed by atoms with Crippen LogP contribution < -0.4 is 71.6 Å². The van der Waals surface area contributed by atoms with Crippen molar-refractivity contribution in [3.05, 3.63) is 108 Å². The van der Waals surface area contributed by atoms with Gasteiger partial charge < -0.3 is 91.7 Å². The maximum atomic E-state index is 15.1. The fourth-order valence-corrected chi connectivity index (χ4v) is 10.7. The van der Waals surface area contributed by atoms with Crippen LogP contribution in [0.5, 0.6) is 0 Å². The molecule has 0 spiro atoms. The lowest BCUT2D eigenvalue weighted by atomic mass is 9.98. The van der Waals surface area contributed by atoms with Crippen molar-refractivity contribution in [1.29, 1.82) is 0 Å². The van der Waals surface area contributed by atoms with Crippen molar-refractivity contribution in [2.75, 3.05) is 19.6 Å². The third-order valence-corrected chi connectivity index (χ3v) is 15.3. The lowest BCUT2D eigenvalue weighted by Crippen LogP contribution is -2.61. The van der Waals surface area contributed by atoms with Crippen molar-refractivity contribution in [3.63, 3.8) is 0 Å². The zero-order chi connectivity index (χ0) is 65.4. The second kappa shape index (κ2) is 34.3. The fraction of sp³-hybridized carbons (Fsp3) is 0.460. The van der Waals surface area contributed by atoms with Crippen molar-refractivity contribution in [2.45, 2.75) is 153 Å². The quantitative estimate of drug-likeness (QED) is 0.0148. The van der Waals surface area contributed by atoms with E-state index in [1.165, 1.54) is 0 Å². The predicted octanol–water partition coefficient (Wildman–Crippen LogP) is 1.29. The van der Waals surface area contributed by atoms with Crippen LogP contribution in [-0.4, -0.2) is 147 Å². The molecule has 0 aliphatic carbocycles. The number of hydrogen-bond donors (Lipinski definition) is 17. The number of benzene rings is 3. The number of fused-ring (bicyclic) bond motifs is 3. The van der Waals surface area contributed by atoms with Crippen LogP contribution in [0.25, 0.3) is 32.7 Å². The predicted molar refractivity (Wildman–Crippen MR) is 347 cm³/mol. The number of aliphatic imine (C=N–C) groups is 2. The number of nitrogens with zero attached hydrogens (tertiary/aromatic N) is 2. The Morgan fingerprint density at radius 1 is 0.433 bits per heavy atom. The first kappa shape index (κ1) is 69.6. The van der Waals surface area contributed by atoms with Crippen LogP contribution in [-0.2, 0) is 57.6 Å². The van der Waals surface area contributed by atoms with Gasteiger partial charge in [0, 0.05) is 83.7 Å². The highest BCUT2D eigenvalue weighted by Gasteiger charge is 2.36. The number of hydrogen-bond acceptors (Lipinski definition) is 12. The molecule has 7 amide bonds. The van der Waals surface area contributed by atoms with Gasteiger partial charge in [0.05, 0.1) is 6.04 Å². The van der Waals surface area contributed by atoms with E-state index in [1.54, 1.807) is 18.6 Å². The number of para-hydroxylation sites is 3. The number of carboxylic acid groups (broad SMARTS) is 1. The molecular weight excluding hydrogens is 1150 g/mol. The summed E-state index contributed by atoms with van der Waals surface area (Å²) in [5, 5.41) is 32.4. The average Bonchev–Trinajstić information content (AvgIpc) is 2.04. The number of carbonyl (C=O) groups excluding carboxylic acids is 7. The van der Waals surface area contributed by atoms with Crippen molar-refractivity contribution in [2.24, 2.45) is 56.2 Å². The van der Waals surface area contributed by atoms with E-state index in [4.69, 9.17) is 34.4 Å². The van der Waals surface area contributed by atoms with Gasteiger partial charge in [0.2, 0.25) is 41.4 Å². The Bertz CT molecular complexity index is 3450. The van der Waals surface area contributed by atoms with E-state index in [0.717, 1.165) is 32.7 Å². The van der Waals surface area contributed by atoms with Gasteiger partial charge in [-0.25, -0.2) is 4.79 Å². The molecule has 0 bridgehead atoms. The van der Waals surface area contributed by atoms with Gasteiger partial charge in [-0.2, -0.15) is 0 Å². The Labute approximate surface area is 522 Å². The molecule has 27 nitrogen and oxygen atoms in total. The molecule has 0 radical (unpaired) electrons. The molecule has 23 N–H and O–H groups in total. The number of carboxylic acids is 1. The molecule has 27 heteroatoms. The zero-order valence-corrected chi connectivity index (χ0v) is 51.6. The van der Waals surface area contributed by atoms with E-state index in [1.807, 2.05) is 100 Å². The molecule has 0 aliphatic rings. The lowest BCUT2D eigenvalue weighted by Gasteiger charge is -2.29. The number of rotatable bonds is 37. The van der Waals surface area contributed by atoms with Gasteiger partial charge in [-0.15, -0.1) is 0 Å². The van der Waals surface area contributed by atoms with Gasteiger partial charge >= 0.3 is 5.97 Å². The number of nitrogens with two attached hydrogens (primary N) is 6. The van der Waals surface area contributed by atoms with E-state index in [0.29, 0.717) is 36.0 Å². The maximum Gasteiger partial charge on any atom is 0.326 e. The molecular formula is C63H90N18O9. The second-order valence-corrected chi connectivity index (χ2v) is 23.5. The maximum absolute atomic E-state index is 15.1. The van der Waals surface area contributed by atoms with Crippen molar-refractivity contribution in [1.82, 2.24) is 52.2 Å². The summed E-state index contributed by atoms with van der Waals surface area (Å²) in [6.07, 6.45) is 6.80. The standard InChI is InChI=1S/C63H90N18O9/c1-35(2)27-49(57(85)80-52(30-38-33-73-45-20-9-6-16-41(38)45)60(88)78-50(28-36(3)4)58(86)81-53(61(89)90)31-39-34-74-46-21-10-7-17-42(39)46)77-59(87)51(29-37-32-72-44-19-8-5-15-40(37)44)79-56(84)47(22-11-12-24-64)76-55(83)48(23-14-26-71-63(68)69)75-54(82)43(65)18-13-25-70-62(66)67/h5-10,15-17,19-21,32-36,43,47-53,72-74H,11-14,18,22-31,64-65H2,1-4H3,(H,75,82)(H,76,83)(H,77,87)(H,78,88)(H,79,84)(H,80,85)(H,81,86)(H,89,90)(H4,66,67,70)(H4,68,69,71)/t43-,47-,48+,49-,50-,51+,52+,53+/m1/s1. The number of unbranched alkanes of at least 4 members (excludes halogenated alkanes) is 1. The Morgan fingerprint density at radius 3 is 1.14 bits per heavy atom. The molecule has 0 saturated carbocycles. The minimum absolute atomic E-state index is 0.0373. The molecule has 0 unspecified atom stereocenters. The molecule has 0 fully saturated rings. The summed E-state index contributed by atoms with van der Waals surface area (Å²) >= 11 is 0. The van der Waals surface area contributed by atoms with Crippen molar-refractivity contribution in [3.8, 4) is 0 Å². The first-order chi connectivity index (χ1) is 43.0. The Kier molecular flexibility index (Phi) is 26.5. The van der Waals surface area contributed by atoms with Crippen LogP contribution in [0.4, 0.5) is 0 Å². The number of nitrogens with one attached hydrogen (secondary N) is 10. The first-order valence-electron chi connectivity index (χ1n) is 30.6. The molecule has 3 heterocycles. The summed E-state index contributed by atoms with van der Waals surface area (Å²) in [7, 11) is 0. The second-order valence-electron chi connectivity index (χ2n) is 23.5. The van der Waals surface area contributed by atoms with E-state index in [9.17, 15) is 33.9 Å². The lowest BCUT2D eigenvalue weighted by molar-refractivity contribution is -0.142. The van der Waals surface area contributed by atoms with Crippen molar-refractivity contribution >= 4 is 91.9 Å². The number of H-pyrrole nitrogens is 3. The van der Waals surface area contributed by atoms with Crippen LogP contribution >= 0.6 is 0 Å². The van der Waals surface area contributed by atoms with Crippen LogP contribution in [0.3, 0.4) is 0 Å². The Morgan fingerprint density at radius 2 is 0.756 bits per heavy atom. The largest absolute Gasteiger partial charge is 0.480 e. The van der Waals surface area contributed by atoms with E-state index >= 15 is 9.59 Å². The molecule has 6 rings (SSSR count). The SMILES string of the molecule is CC(C)C[C@@H](NC(=O)[C@H](Cc1c[nH]c2ccccc12)NC(=O)[C@@H](CC(C)C)NC(=O)[C@H](Cc1c[nH]c2ccccc12)NC(=O)[C@@H](CCCCN)NC(=O)[C@H](CCCN=C(N)N)NC(=O)[C@H](N)CCCN=C(N)N)C(=O)N[C@@H](Cc1c[nH]c2ccccc12)C(=O)O. The first-order valence-corrected chi connectivity index (χ1v) is 30.6. The average molecular weight is 1240 g/mol. The fourth-order valence-electron chi connectivity index (χ4n) is 10.7. The molecule has 8 atom stereocenters. The number of aliphatic carboxylic acids is 1. The number of amides is 7. The third-order valence-electron chi connectivity index (χ3n) is 15.3.